The molecule has 0 unspecified atom stereocenters. The summed E-state index contributed by atoms with van der Waals surface area (Å²) in [4.78, 5) is 41.8. The molecule has 11 nitrogen and oxygen atoms in total. The van der Waals surface area contributed by atoms with E-state index in [9.17, 15) is 14.0 Å². The molecule has 1 saturated heterocycles. The summed E-state index contributed by atoms with van der Waals surface area (Å²) < 4.78 is 36.5. The van der Waals surface area contributed by atoms with Gasteiger partial charge in [0, 0.05) is 11.8 Å². The van der Waals surface area contributed by atoms with Crippen LogP contribution in [-0.4, -0.2) is 58.2 Å². The number of nitrogens with zero attached hydrogens (tertiary/aromatic N) is 3. The van der Waals surface area contributed by atoms with E-state index >= 15 is 0 Å². The van der Waals surface area contributed by atoms with Gasteiger partial charge in [0.05, 0.1) is 43.5 Å². The average Bonchev–Trinajstić information content (AvgIpc) is 3.67. The zero-order chi connectivity index (χ0) is 27.6. The van der Waals surface area contributed by atoms with Crippen molar-refractivity contribution < 1.29 is 32.9 Å². The van der Waals surface area contributed by atoms with Crippen LogP contribution in [-0.2, 0) is 29.6 Å². The van der Waals surface area contributed by atoms with Crippen LogP contribution < -0.4 is 10.5 Å². The van der Waals surface area contributed by atoms with Crippen LogP contribution >= 0.6 is 0 Å². The van der Waals surface area contributed by atoms with Crippen LogP contribution in [0, 0.1) is 17.2 Å². The summed E-state index contributed by atoms with van der Waals surface area (Å²) in [6.45, 7) is 4.00. The van der Waals surface area contributed by atoms with Crippen molar-refractivity contribution in [3.8, 4) is 28.7 Å². The standard InChI is InChI=1S/C27H30FN5O6/c1-3-12-36-25-30-11-10-19(31-25)21-20(17-6-8-18(28)9-7-17)32-23(33-21)27(22(29)34)38-14-26(2,15-39-27)24(35)37-13-16-4-5-16/h6-11,16H,3-5,12-15H2,1-2H3,(H2,29,34)(H,32,33). The zero-order valence-corrected chi connectivity index (χ0v) is 21.7. The molecule has 2 aromatic heterocycles. The molecular formula is C27H30FN5O6. The number of ether oxygens (including phenoxy) is 4. The molecule has 206 valence electrons. The van der Waals surface area contributed by atoms with Crippen molar-refractivity contribution in [2.75, 3.05) is 26.4 Å². The van der Waals surface area contributed by atoms with Crippen LogP contribution in [0.25, 0.3) is 22.6 Å². The van der Waals surface area contributed by atoms with E-state index in [-0.39, 0.29) is 25.0 Å². The summed E-state index contributed by atoms with van der Waals surface area (Å²) in [7, 11) is 0. The number of hydrogen-bond acceptors (Lipinski definition) is 9. The number of benzene rings is 1. The second-order valence-corrected chi connectivity index (χ2v) is 10.0. The van der Waals surface area contributed by atoms with Gasteiger partial charge in [-0.2, -0.15) is 4.98 Å². The molecule has 0 atom stereocenters. The molecule has 0 bridgehead atoms. The van der Waals surface area contributed by atoms with E-state index in [2.05, 4.69) is 19.9 Å². The van der Waals surface area contributed by atoms with Crippen molar-refractivity contribution in [2.45, 2.75) is 38.9 Å². The fourth-order valence-electron chi connectivity index (χ4n) is 4.05. The molecule has 3 N–H and O–H groups in total. The van der Waals surface area contributed by atoms with Gasteiger partial charge < -0.3 is 29.7 Å². The lowest BCUT2D eigenvalue weighted by molar-refractivity contribution is -0.293. The minimum atomic E-state index is -2.11. The molecule has 39 heavy (non-hydrogen) atoms. The number of nitrogens with two attached hydrogens (primary N) is 1. The van der Waals surface area contributed by atoms with Crippen LogP contribution in [0.4, 0.5) is 4.39 Å². The molecule has 1 aliphatic carbocycles. The maximum Gasteiger partial charge on any atom is 0.316 e. The number of aromatic nitrogens is 4. The SMILES string of the molecule is CCCOc1nccc(-c2[nH]c(C3(C(N)=O)OCC(C)(C(=O)OCC4CC4)CO3)nc2-c2ccc(F)cc2)n1. The Kier molecular flexibility index (Phi) is 7.32. The van der Waals surface area contributed by atoms with Gasteiger partial charge in [0.25, 0.3) is 5.91 Å². The number of carbonyl (C=O) groups is 2. The molecule has 1 amide bonds. The number of halogens is 1. The fraction of sp³-hybridized carbons (Fsp3) is 0.444. The van der Waals surface area contributed by atoms with Gasteiger partial charge in [0.1, 0.15) is 11.2 Å². The Labute approximate surface area is 224 Å². The summed E-state index contributed by atoms with van der Waals surface area (Å²) in [5.74, 6) is -3.62. The van der Waals surface area contributed by atoms with Gasteiger partial charge in [-0.3, -0.25) is 9.59 Å². The van der Waals surface area contributed by atoms with Crippen LogP contribution in [0.15, 0.2) is 36.5 Å². The molecule has 5 rings (SSSR count). The van der Waals surface area contributed by atoms with E-state index in [1.165, 1.54) is 18.3 Å². The Morgan fingerprint density at radius 1 is 1.15 bits per heavy atom. The van der Waals surface area contributed by atoms with Crippen LogP contribution in [0.1, 0.15) is 38.9 Å². The van der Waals surface area contributed by atoms with E-state index in [0.29, 0.717) is 41.8 Å². The molecule has 3 heterocycles. The van der Waals surface area contributed by atoms with Crippen LogP contribution in [0.5, 0.6) is 6.01 Å². The first-order chi connectivity index (χ1) is 18.7. The quantitative estimate of drug-likeness (QED) is 0.370. The average molecular weight is 540 g/mol. The molecule has 0 radical (unpaired) electrons. The van der Waals surface area contributed by atoms with Crippen molar-refractivity contribution in [1.82, 2.24) is 19.9 Å². The molecule has 2 aliphatic rings. The van der Waals surface area contributed by atoms with Crippen molar-refractivity contribution >= 4 is 11.9 Å². The van der Waals surface area contributed by atoms with E-state index in [1.54, 1.807) is 25.1 Å². The number of carbonyl (C=O) groups excluding carboxylic acids is 2. The number of primary amides is 1. The highest BCUT2D eigenvalue weighted by Crippen LogP contribution is 2.40. The smallest absolute Gasteiger partial charge is 0.316 e. The second kappa shape index (κ2) is 10.7. The summed E-state index contributed by atoms with van der Waals surface area (Å²) >= 11 is 0. The van der Waals surface area contributed by atoms with Crippen molar-refractivity contribution in [3.05, 3.63) is 48.2 Å². The third kappa shape index (κ3) is 5.48. The number of nitrogens with one attached hydrogen (secondary N) is 1. The van der Waals surface area contributed by atoms with Crippen molar-refractivity contribution in [2.24, 2.45) is 17.1 Å². The third-order valence-electron chi connectivity index (χ3n) is 6.61. The highest BCUT2D eigenvalue weighted by molar-refractivity contribution is 5.85. The summed E-state index contributed by atoms with van der Waals surface area (Å²) in [5.41, 5.74) is 6.30. The van der Waals surface area contributed by atoms with Crippen molar-refractivity contribution in [3.63, 3.8) is 0 Å². The Morgan fingerprint density at radius 3 is 2.51 bits per heavy atom. The second-order valence-electron chi connectivity index (χ2n) is 10.0. The number of aromatic amines is 1. The number of H-pyrrole nitrogens is 1. The van der Waals surface area contributed by atoms with Gasteiger partial charge in [-0.05, 0) is 62.4 Å². The lowest BCUT2D eigenvalue weighted by Crippen LogP contribution is -2.56. The maximum absolute atomic E-state index is 13.7. The van der Waals surface area contributed by atoms with Gasteiger partial charge in [-0.15, -0.1) is 0 Å². The minimum Gasteiger partial charge on any atom is -0.465 e. The molecule has 12 heteroatoms. The van der Waals surface area contributed by atoms with Gasteiger partial charge in [0.15, 0.2) is 5.82 Å². The summed E-state index contributed by atoms with van der Waals surface area (Å²) in [6, 6.07) is 7.46. The Hall–Kier alpha value is -3.90. The lowest BCUT2D eigenvalue weighted by atomic mass is 9.91. The Balaban J connectivity index is 1.50. The minimum absolute atomic E-state index is 0.0487. The van der Waals surface area contributed by atoms with Gasteiger partial charge in [-0.1, -0.05) is 6.92 Å². The number of rotatable bonds is 10. The molecule has 0 spiro atoms. The lowest BCUT2D eigenvalue weighted by Gasteiger charge is -2.40. The normalized spacial score (nSPS) is 22.8. The monoisotopic (exact) mass is 539 g/mol. The number of imidazole rings is 1. The van der Waals surface area contributed by atoms with Crippen molar-refractivity contribution in [1.29, 1.82) is 0 Å². The van der Waals surface area contributed by atoms with Gasteiger partial charge in [-0.25, -0.2) is 14.4 Å². The van der Waals surface area contributed by atoms with E-state index < -0.39 is 28.9 Å². The largest absolute Gasteiger partial charge is 0.465 e. The molecule has 1 aliphatic heterocycles. The highest BCUT2D eigenvalue weighted by Gasteiger charge is 2.54. The Bertz CT molecular complexity index is 1350. The first-order valence-corrected chi connectivity index (χ1v) is 12.8. The Morgan fingerprint density at radius 2 is 1.87 bits per heavy atom. The van der Waals surface area contributed by atoms with Crippen LogP contribution in [0.2, 0.25) is 0 Å². The highest BCUT2D eigenvalue weighted by atomic mass is 19.1. The maximum atomic E-state index is 13.7. The first-order valence-electron chi connectivity index (χ1n) is 12.8. The predicted octanol–water partition coefficient (Wildman–Crippen LogP) is 3.11. The molecule has 1 saturated carbocycles. The topological polar surface area (TPSA) is 152 Å². The van der Waals surface area contributed by atoms with E-state index in [1.807, 2.05) is 6.92 Å². The fourth-order valence-corrected chi connectivity index (χ4v) is 4.05. The molecule has 3 aromatic rings. The van der Waals surface area contributed by atoms with E-state index in [0.717, 1.165) is 19.3 Å². The number of esters is 1. The zero-order valence-electron chi connectivity index (χ0n) is 21.7. The first kappa shape index (κ1) is 26.7. The summed E-state index contributed by atoms with van der Waals surface area (Å²) in [5, 5.41) is 0. The number of hydrogen-bond donors (Lipinski definition) is 2. The van der Waals surface area contributed by atoms with Gasteiger partial charge >= 0.3 is 17.8 Å². The van der Waals surface area contributed by atoms with E-state index in [4.69, 9.17) is 24.7 Å². The molecular weight excluding hydrogens is 509 g/mol. The molecule has 2 fully saturated rings. The summed E-state index contributed by atoms with van der Waals surface area (Å²) in [6.07, 6.45) is 4.37. The molecule has 1 aromatic carbocycles. The third-order valence-corrected chi connectivity index (χ3v) is 6.61. The predicted molar refractivity (Wildman–Crippen MR) is 135 cm³/mol. The van der Waals surface area contributed by atoms with Crippen LogP contribution in [0.3, 0.4) is 0 Å². The number of amides is 1. The van der Waals surface area contributed by atoms with Gasteiger partial charge in [0.2, 0.25) is 0 Å².